The van der Waals surface area contributed by atoms with Gasteiger partial charge >= 0.3 is 0 Å². The van der Waals surface area contributed by atoms with Crippen LogP contribution in [0.1, 0.15) is 28.4 Å². The van der Waals surface area contributed by atoms with E-state index in [-0.39, 0.29) is 5.78 Å². The number of aromatic nitrogens is 1. The van der Waals surface area contributed by atoms with E-state index in [1.807, 2.05) is 13.8 Å². The molecule has 0 spiro atoms. The predicted molar refractivity (Wildman–Crippen MR) is 60.3 cm³/mol. The van der Waals surface area contributed by atoms with Gasteiger partial charge in [-0.25, -0.2) is 4.98 Å². The van der Waals surface area contributed by atoms with Crippen LogP contribution >= 0.6 is 22.9 Å². The van der Waals surface area contributed by atoms with Crippen molar-refractivity contribution in [2.24, 2.45) is 0 Å². The van der Waals surface area contributed by atoms with Gasteiger partial charge in [-0.2, -0.15) is 0 Å². The Kier molecular flexibility index (Phi) is 4.55. The lowest BCUT2D eigenvalue weighted by Crippen LogP contribution is -2.02. The van der Waals surface area contributed by atoms with Crippen LogP contribution in [0.2, 0.25) is 0 Å². The number of thiazole rings is 1. The number of aryl methyl sites for hydroxylation is 2. The molecule has 0 fully saturated rings. The van der Waals surface area contributed by atoms with Gasteiger partial charge in [-0.05, 0) is 20.3 Å². The summed E-state index contributed by atoms with van der Waals surface area (Å²) in [7, 11) is 0. The van der Waals surface area contributed by atoms with Gasteiger partial charge < -0.3 is 0 Å². The largest absolute Gasteiger partial charge is 0.299 e. The van der Waals surface area contributed by atoms with Crippen LogP contribution < -0.4 is 0 Å². The lowest BCUT2D eigenvalue weighted by molar-refractivity contribution is -0.118. The van der Waals surface area contributed by atoms with E-state index in [4.69, 9.17) is 11.6 Å². The summed E-state index contributed by atoms with van der Waals surface area (Å²) in [5, 5.41) is 0.930. The summed E-state index contributed by atoms with van der Waals surface area (Å²) in [5.74, 6) is 0.793. The van der Waals surface area contributed by atoms with Crippen LogP contribution in [0.25, 0.3) is 0 Å². The quantitative estimate of drug-likeness (QED) is 0.730. The molecule has 0 aliphatic carbocycles. The van der Waals surface area contributed by atoms with E-state index in [0.29, 0.717) is 18.7 Å². The van der Waals surface area contributed by atoms with E-state index in [2.05, 4.69) is 4.98 Å². The third-order valence-corrected chi connectivity index (χ3v) is 3.35. The maximum absolute atomic E-state index is 11.4. The fourth-order valence-corrected chi connectivity index (χ4v) is 2.23. The lowest BCUT2D eigenvalue weighted by Gasteiger charge is -1.94. The van der Waals surface area contributed by atoms with Crippen molar-refractivity contribution < 1.29 is 4.79 Å². The molecule has 1 rings (SSSR count). The van der Waals surface area contributed by atoms with Gasteiger partial charge in [0.25, 0.3) is 0 Å². The molecule has 0 N–H and O–H groups in total. The van der Waals surface area contributed by atoms with Crippen LogP contribution in [0.15, 0.2) is 0 Å². The summed E-state index contributed by atoms with van der Waals surface area (Å²) in [6.07, 6.45) is 1.81. The highest BCUT2D eigenvalue weighted by molar-refractivity contribution is 7.11. The van der Waals surface area contributed by atoms with E-state index in [9.17, 15) is 4.79 Å². The number of carbonyl (C=O) groups is 1. The Balaban J connectivity index is 2.48. The molecule has 1 aromatic rings. The van der Waals surface area contributed by atoms with Crippen molar-refractivity contribution in [3.05, 3.63) is 15.6 Å². The Morgan fingerprint density at radius 2 is 2.21 bits per heavy atom. The van der Waals surface area contributed by atoms with Gasteiger partial charge in [-0.1, -0.05) is 0 Å². The molecule has 0 aliphatic rings. The van der Waals surface area contributed by atoms with Gasteiger partial charge in [0.05, 0.1) is 12.1 Å². The molecule has 0 bridgehead atoms. The average molecular weight is 232 g/mol. The van der Waals surface area contributed by atoms with E-state index in [0.717, 1.165) is 17.1 Å². The topological polar surface area (TPSA) is 30.0 Å². The first kappa shape index (κ1) is 11.7. The molecular formula is C10H14ClNOS. The van der Waals surface area contributed by atoms with Crippen LogP contribution in [0.4, 0.5) is 0 Å². The van der Waals surface area contributed by atoms with E-state index in [1.165, 1.54) is 4.88 Å². The van der Waals surface area contributed by atoms with Crippen molar-refractivity contribution in [1.82, 2.24) is 4.98 Å². The zero-order valence-corrected chi connectivity index (χ0v) is 10.0. The number of hydrogen-bond acceptors (Lipinski definition) is 3. The number of Topliss-reactive ketones (excluding diaryl/α,β-unsaturated/α-hetero) is 1. The van der Waals surface area contributed by atoms with Crippen molar-refractivity contribution in [3.8, 4) is 0 Å². The molecule has 0 saturated carbocycles. The third-order valence-electron chi connectivity index (χ3n) is 2.01. The predicted octanol–water partition coefficient (Wildman–Crippen LogP) is 2.89. The van der Waals surface area contributed by atoms with Gasteiger partial charge in [-0.15, -0.1) is 22.9 Å². The highest BCUT2D eigenvalue weighted by atomic mass is 35.5. The highest BCUT2D eigenvalue weighted by Gasteiger charge is 2.08. The van der Waals surface area contributed by atoms with Gasteiger partial charge in [0.15, 0.2) is 0 Å². The fourth-order valence-electron chi connectivity index (χ4n) is 1.14. The summed E-state index contributed by atoms with van der Waals surface area (Å²) >= 11 is 7.12. The maximum Gasteiger partial charge on any atom is 0.139 e. The Morgan fingerprint density at radius 3 is 2.71 bits per heavy atom. The number of rotatable bonds is 5. The first-order valence-electron chi connectivity index (χ1n) is 4.64. The number of nitrogens with zero attached hydrogens (tertiary/aromatic N) is 1. The Morgan fingerprint density at radius 1 is 1.50 bits per heavy atom. The zero-order chi connectivity index (χ0) is 10.6. The summed E-state index contributed by atoms with van der Waals surface area (Å²) in [6, 6.07) is 0. The van der Waals surface area contributed by atoms with Crippen molar-refractivity contribution in [2.45, 2.75) is 33.1 Å². The maximum atomic E-state index is 11.4. The van der Waals surface area contributed by atoms with Crippen molar-refractivity contribution in [2.75, 3.05) is 5.88 Å². The minimum absolute atomic E-state index is 0.236. The Bertz CT molecular complexity index is 302. The second kappa shape index (κ2) is 5.47. The smallest absolute Gasteiger partial charge is 0.139 e. The minimum Gasteiger partial charge on any atom is -0.299 e. The molecule has 0 atom stereocenters. The SMILES string of the molecule is Cc1nc(CC(=O)CCCCl)sc1C. The summed E-state index contributed by atoms with van der Waals surface area (Å²) < 4.78 is 0. The van der Waals surface area contributed by atoms with Crippen LogP contribution in [0.3, 0.4) is 0 Å². The lowest BCUT2D eigenvalue weighted by atomic mass is 10.2. The molecule has 2 nitrogen and oxygen atoms in total. The summed E-state index contributed by atoms with van der Waals surface area (Å²) in [5.41, 5.74) is 1.04. The second-order valence-corrected chi connectivity index (χ2v) is 4.92. The van der Waals surface area contributed by atoms with Gasteiger partial charge in [0.1, 0.15) is 10.8 Å². The average Bonchev–Trinajstić information content (AvgIpc) is 2.42. The fraction of sp³-hybridized carbons (Fsp3) is 0.600. The molecular weight excluding hydrogens is 218 g/mol. The molecule has 4 heteroatoms. The molecule has 1 heterocycles. The van der Waals surface area contributed by atoms with E-state index >= 15 is 0 Å². The van der Waals surface area contributed by atoms with Gasteiger partial charge in [0.2, 0.25) is 0 Å². The van der Waals surface area contributed by atoms with Gasteiger partial charge in [-0.3, -0.25) is 4.79 Å². The molecule has 0 aromatic carbocycles. The third kappa shape index (κ3) is 3.39. The standard InChI is InChI=1S/C10H14ClNOS/c1-7-8(2)14-10(12-7)6-9(13)4-3-5-11/h3-6H2,1-2H3. The number of ketones is 1. The Hall–Kier alpha value is -0.410. The molecule has 0 amide bonds. The van der Waals surface area contributed by atoms with E-state index < -0.39 is 0 Å². The van der Waals surface area contributed by atoms with E-state index in [1.54, 1.807) is 11.3 Å². The van der Waals surface area contributed by atoms with Gasteiger partial charge in [0, 0.05) is 17.2 Å². The Labute approximate surface area is 93.3 Å². The van der Waals surface area contributed by atoms with Crippen LogP contribution in [-0.2, 0) is 11.2 Å². The van der Waals surface area contributed by atoms with Crippen molar-refractivity contribution >= 4 is 28.7 Å². The normalized spacial score (nSPS) is 10.5. The molecule has 0 radical (unpaired) electrons. The molecule has 1 aromatic heterocycles. The first-order valence-corrected chi connectivity index (χ1v) is 5.99. The van der Waals surface area contributed by atoms with Crippen molar-refractivity contribution in [1.29, 1.82) is 0 Å². The molecule has 0 saturated heterocycles. The van der Waals surface area contributed by atoms with Crippen LogP contribution in [0.5, 0.6) is 0 Å². The zero-order valence-electron chi connectivity index (χ0n) is 8.47. The minimum atomic E-state index is 0.236. The molecule has 0 aliphatic heterocycles. The van der Waals surface area contributed by atoms with Crippen molar-refractivity contribution in [3.63, 3.8) is 0 Å². The van der Waals surface area contributed by atoms with Crippen LogP contribution in [0, 0.1) is 13.8 Å². The monoisotopic (exact) mass is 231 g/mol. The molecule has 78 valence electrons. The molecule has 14 heavy (non-hydrogen) atoms. The van der Waals surface area contributed by atoms with Crippen LogP contribution in [-0.4, -0.2) is 16.6 Å². The number of carbonyl (C=O) groups excluding carboxylic acids is 1. The number of halogens is 1. The highest BCUT2D eigenvalue weighted by Crippen LogP contribution is 2.17. The molecule has 0 unspecified atom stereocenters. The first-order chi connectivity index (χ1) is 6.63. The summed E-state index contributed by atoms with van der Waals surface area (Å²) in [4.78, 5) is 16.9. The second-order valence-electron chi connectivity index (χ2n) is 3.26. The number of hydrogen-bond donors (Lipinski definition) is 0. The summed E-state index contributed by atoms with van der Waals surface area (Å²) in [6.45, 7) is 4.00. The number of alkyl halides is 1.